The van der Waals surface area contributed by atoms with E-state index in [1.54, 1.807) is 11.0 Å². The van der Waals surface area contributed by atoms with E-state index in [9.17, 15) is 9.59 Å². The quantitative estimate of drug-likeness (QED) is 0.888. The van der Waals surface area contributed by atoms with Crippen LogP contribution >= 0.6 is 11.6 Å². The number of anilines is 1. The summed E-state index contributed by atoms with van der Waals surface area (Å²) in [6, 6.07) is 5.35. The van der Waals surface area contributed by atoms with Gasteiger partial charge in [0.1, 0.15) is 0 Å². The van der Waals surface area contributed by atoms with Crippen molar-refractivity contribution in [2.24, 2.45) is 5.92 Å². The van der Waals surface area contributed by atoms with Gasteiger partial charge >= 0.3 is 6.03 Å². The summed E-state index contributed by atoms with van der Waals surface area (Å²) in [5.41, 5.74) is 1.67. The number of nitrogens with zero attached hydrogens (tertiary/aromatic N) is 2. The molecule has 1 saturated carbocycles. The van der Waals surface area contributed by atoms with Crippen LogP contribution in [0.25, 0.3) is 0 Å². The molecular weight excluding hydrogens is 326 g/mol. The fourth-order valence-electron chi connectivity index (χ4n) is 3.43. The number of rotatable bonds is 2. The highest BCUT2D eigenvalue weighted by Crippen LogP contribution is 2.27. The summed E-state index contributed by atoms with van der Waals surface area (Å²) in [5, 5.41) is 3.52. The lowest BCUT2D eigenvalue weighted by Crippen LogP contribution is -2.52. The van der Waals surface area contributed by atoms with Gasteiger partial charge in [-0.05, 0) is 37.5 Å². The smallest absolute Gasteiger partial charge is 0.321 e. The highest BCUT2D eigenvalue weighted by atomic mass is 35.5. The Bertz CT molecular complexity index is 621. The maximum absolute atomic E-state index is 12.4. The van der Waals surface area contributed by atoms with Crippen LogP contribution in [0.1, 0.15) is 31.2 Å². The largest absolute Gasteiger partial charge is 0.339 e. The van der Waals surface area contributed by atoms with Gasteiger partial charge in [-0.3, -0.25) is 4.79 Å². The zero-order valence-corrected chi connectivity index (χ0v) is 14.8. The average Bonchev–Trinajstić information content (AvgIpc) is 3.12. The summed E-state index contributed by atoms with van der Waals surface area (Å²) >= 11 is 6.09. The molecule has 1 heterocycles. The summed E-state index contributed by atoms with van der Waals surface area (Å²) in [5.74, 6) is 0.484. The molecule has 1 aliphatic heterocycles. The van der Waals surface area contributed by atoms with E-state index in [-0.39, 0.29) is 17.9 Å². The molecule has 1 saturated heterocycles. The SMILES string of the molecule is Cc1ccc(NC(=O)N2CCN(C(=O)C3CCCC3)CC2)cc1Cl. The van der Waals surface area contributed by atoms with Gasteiger partial charge < -0.3 is 15.1 Å². The third kappa shape index (κ3) is 3.83. The second-order valence-corrected chi connectivity index (χ2v) is 7.10. The Labute approximate surface area is 147 Å². The van der Waals surface area contributed by atoms with Crippen molar-refractivity contribution in [1.29, 1.82) is 0 Å². The lowest BCUT2D eigenvalue weighted by atomic mass is 10.1. The van der Waals surface area contributed by atoms with Crippen LogP contribution in [0, 0.1) is 12.8 Å². The Morgan fingerprint density at radius 3 is 2.33 bits per heavy atom. The Morgan fingerprint density at radius 1 is 1.08 bits per heavy atom. The predicted molar refractivity (Wildman–Crippen MR) is 95.3 cm³/mol. The van der Waals surface area contributed by atoms with Crippen LogP contribution in [-0.2, 0) is 4.79 Å². The molecule has 3 amide bonds. The van der Waals surface area contributed by atoms with Gasteiger partial charge in [-0.15, -0.1) is 0 Å². The second-order valence-electron chi connectivity index (χ2n) is 6.69. The van der Waals surface area contributed by atoms with Gasteiger partial charge in [-0.2, -0.15) is 0 Å². The summed E-state index contributed by atoms with van der Waals surface area (Å²) in [6.07, 6.45) is 4.37. The Balaban J connectivity index is 1.51. The van der Waals surface area contributed by atoms with Crippen LogP contribution < -0.4 is 5.32 Å². The van der Waals surface area contributed by atoms with E-state index in [0.29, 0.717) is 36.9 Å². The fraction of sp³-hybridized carbons (Fsp3) is 0.556. The van der Waals surface area contributed by atoms with Crippen molar-refractivity contribution in [3.63, 3.8) is 0 Å². The highest BCUT2D eigenvalue weighted by molar-refractivity contribution is 6.31. The summed E-state index contributed by atoms with van der Waals surface area (Å²) in [6.45, 7) is 4.32. The number of halogens is 1. The van der Waals surface area contributed by atoms with Gasteiger partial charge in [0.2, 0.25) is 5.91 Å². The lowest BCUT2D eigenvalue weighted by Gasteiger charge is -2.36. The molecule has 1 aromatic rings. The van der Waals surface area contributed by atoms with Crippen LogP contribution in [0.2, 0.25) is 5.02 Å². The first kappa shape index (κ1) is 17.1. The van der Waals surface area contributed by atoms with E-state index < -0.39 is 0 Å². The number of hydrogen-bond donors (Lipinski definition) is 1. The molecule has 130 valence electrons. The van der Waals surface area contributed by atoms with Crippen LogP contribution in [0.3, 0.4) is 0 Å². The normalized spacial score (nSPS) is 18.8. The molecule has 1 aromatic carbocycles. The van der Waals surface area contributed by atoms with Crippen LogP contribution in [0.4, 0.5) is 10.5 Å². The molecule has 2 aliphatic rings. The molecule has 24 heavy (non-hydrogen) atoms. The molecule has 2 fully saturated rings. The Kier molecular flexibility index (Phi) is 5.29. The fourth-order valence-corrected chi connectivity index (χ4v) is 3.61. The second kappa shape index (κ2) is 7.43. The van der Waals surface area contributed by atoms with Crippen molar-refractivity contribution in [3.05, 3.63) is 28.8 Å². The molecule has 0 bridgehead atoms. The van der Waals surface area contributed by atoms with Gasteiger partial charge in [0, 0.05) is 42.8 Å². The topological polar surface area (TPSA) is 52.7 Å². The molecule has 0 spiro atoms. The minimum atomic E-state index is -0.136. The molecule has 0 radical (unpaired) electrons. The van der Waals surface area contributed by atoms with E-state index in [4.69, 9.17) is 11.6 Å². The molecule has 5 nitrogen and oxygen atoms in total. The number of carbonyl (C=O) groups is 2. The predicted octanol–water partition coefficient (Wildman–Crippen LogP) is 3.51. The maximum atomic E-state index is 12.4. The van der Waals surface area contributed by atoms with Crippen molar-refractivity contribution < 1.29 is 9.59 Å². The van der Waals surface area contributed by atoms with Gasteiger partial charge in [-0.1, -0.05) is 30.5 Å². The van der Waals surface area contributed by atoms with Crippen molar-refractivity contribution in [2.45, 2.75) is 32.6 Å². The van der Waals surface area contributed by atoms with E-state index in [1.165, 1.54) is 0 Å². The first-order valence-electron chi connectivity index (χ1n) is 8.65. The lowest BCUT2D eigenvalue weighted by molar-refractivity contribution is -0.136. The Morgan fingerprint density at radius 2 is 1.71 bits per heavy atom. The molecular formula is C18H24ClN3O2. The number of urea groups is 1. The summed E-state index contributed by atoms with van der Waals surface area (Å²) in [4.78, 5) is 28.5. The molecule has 1 aliphatic carbocycles. The van der Waals surface area contributed by atoms with Crippen LogP contribution in [0.5, 0.6) is 0 Å². The molecule has 0 atom stereocenters. The maximum Gasteiger partial charge on any atom is 0.321 e. The molecule has 1 N–H and O–H groups in total. The van der Waals surface area contributed by atoms with Crippen molar-refractivity contribution in [3.8, 4) is 0 Å². The van der Waals surface area contributed by atoms with Crippen LogP contribution in [-0.4, -0.2) is 47.9 Å². The molecule has 0 unspecified atom stereocenters. The summed E-state index contributed by atoms with van der Waals surface area (Å²) in [7, 11) is 0. The zero-order valence-electron chi connectivity index (χ0n) is 14.1. The van der Waals surface area contributed by atoms with E-state index in [1.807, 2.05) is 24.0 Å². The molecule has 3 rings (SSSR count). The minimum Gasteiger partial charge on any atom is -0.339 e. The monoisotopic (exact) mass is 349 g/mol. The number of piperazine rings is 1. The zero-order chi connectivity index (χ0) is 17.1. The van der Waals surface area contributed by atoms with Gasteiger partial charge in [0.15, 0.2) is 0 Å². The Hall–Kier alpha value is -1.75. The van der Waals surface area contributed by atoms with Crippen molar-refractivity contribution in [1.82, 2.24) is 9.80 Å². The number of amides is 3. The van der Waals surface area contributed by atoms with E-state index in [0.717, 1.165) is 31.2 Å². The minimum absolute atomic E-state index is 0.136. The highest BCUT2D eigenvalue weighted by Gasteiger charge is 2.30. The van der Waals surface area contributed by atoms with Gasteiger partial charge in [0.05, 0.1) is 0 Å². The standard InChI is InChI=1S/C18H24ClN3O2/c1-13-6-7-15(12-16(13)19)20-18(24)22-10-8-21(9-11-22)17(23)14-4-2-3-5-14/h6-7,12,14H,2-5,8-11H2,1H3,(H,20,24). The molecule has 6 heteroatoms. The van der Waals surface area contributed by atoms with E-state index >= 15 is 0 Å². The first-order valence-corrected chi connectivity index (χ1v) is 9.03. The average molecular weight is 350 g/mol. The van der Waals surface area contributed by atoms with Crippen LogP contribution in [0.15, 0.2) is 18.2 Å². The van der Waals surface area contributed by atoms with E-state index in [2.05, 4.69) is 5.32 Å². The van der Waals surface area contributed by atoms with Gasteiger partial charge in [-0.25, -0.2) is 4.79 Å². The third-order valence-electron chi connectivity index (χ3n) is 5.01. The number of benzene rings is 1. The number of carbonyl (C=O) groups excluding carboxylic acids is 2. The molecule has 0 aromatic heterocycles. The number of hydrogen-bond acceptors (Lipinski definition) is 2. The summed E-state index contributed by atoms with van der Waals surface area (Å²) < 4.78 is 0. The van der Waals surface area contributed by atoms with Gasteiger partial charge in [0.25, 0.3) is 0 Å². The van der Waals surface area contributed by atoms with Crippen molar-refractivity contribution >= 4 is 29.2 Å². The number of nitrogens with one attached hydrogen (secondary N) is 1. The third-order valence-corrected chi connectivity index (χ3v) is 5.41. The van der Waals surface area contributed by atoms with Crippen molar-refractivity contribution in [2.75, 3.05) is 31.5 Å². The first-order chi connectivity index (χ1) is 11.5. The number of aryl methyl sites for hydroxylation is 1.